The van der Waals surface area contributed by atoms with E-state index in [2.05, 4.69) is 19.3 Å². The zero-order valence-corrected chi connectivity index (χ0v) is 21.6. The fraction of sp³-hybridized carbons (Fsp3) is 0.226. The minimum Gasteiger partial charge on any atom is -0.490 e. The Morgan fingerprint density at radius 2 is 0.811 bits per heavy atom. The van der Waals surface area contributed by atoms with Gasteiger partial charge in [0.15, 0.2) is 0 Å². The Bertz CT molecular complexity index is 1210. The van der Waals surface area contributed by atoms with Crippen molar-refractivity contribution in [3.05, 3.63) is 108 Å². The first kappa shape index (κ1) is 25.8. The van der Waals surface area contributed by atoms with E-state index in [-0.39, 0.29) is 0 Å². The minimum atomic E-state index is 0.479. The molecule has 0 radical (unpaired) electrons. The molecule has 192 valence electrons. The van der Waals surface area contributed by atoms with Gasteiger partial charge < -0.3 is 18.9 Å². The maximum Gasteiger partial charge on any atom is 0.122 e. The van der Waals surface area contributed by atoms with Crippen LogP contribution < -0.4 is 29.4 Å². The third-order valence-corrected chi connectivity index (χ3v) is 5.66. The molecule has 0 saturated heterocycles. The number of hydrogen-bond acceptors (Lipinski definition) is 6. The lowest BCUT2D eigenvalue weighted by Crippen LogP contribution is -2.24. The van der Waals surface area contributed by atoms with Crippen LogP contribution in [0.4, 0.5) is 11.4 Å². The van der Waals surface area contributed by atoms with Gasteiger partial charge in [-0.05, 0) is 86.6 Å². The molecular formula is C31H34N2O4. The summed E-state index contributed by atoms with van der Waals surface area (Å²) in [5, 5.41) is 1.95. The van der Waals surface area contributed by atoms with Gasteiger partial charge in [-0.25, -0.2) is 0 Å². The van der Waals surface area contributed by atoms with Gasteiger partial charge in [-0.15, -0.1) is 0 Å². The molecule has 0 aliphatic carbocycles. The van der Waals surface area contributed by atoms with Crippen molar-refractivity contribution in [3.8, 4) is 23.0 Å². The predicted octanol–water partition coefficient (Wildman–Crippen LogP) is 6.68. The Morgan fingerprint density at radius 1 is 0.486 bits per heavy atom. The van der Waals surface area contributed by atoms with Gasteiger partial charge in [0.1, 0.15) is 49.4 Å². The molecule has 6 nitrogen and oxygen atoms in total. The van der Waals surface area contributed by atoms with Crippen molar-refractivity contribution in [3.63, 3.8) is 0 Å². The summed E-state index contributed by atoms with van der Waals surface area (Å²) in [6.07, 6.45) is 0. The van der Waals surface area contributed by atoms with E-state index in [1.807, 2.05) is 109 Å². The third-order valence-electron chi connectivity index (χ3n) is 5.66. The molecule has 1 N–H and O–H groups in total. The highest BCUT2D eigenvalue weighted by Gasteiger charge is 2.04. The van der Waals surface area contributed by atoms with Crippen LogP contribution in [0.2, 0.25) is 0 Å². The maximum absolute atomic E-state index is 5.80. The Balaban J connectivity index is 1.15. The highest BCUT2D eigenvalue weighted by Crippen LogP contribution is 2.21. The first-order chi connectivity index (χ1) is 18.0. The van der Waals surface area contributed by atoms with E-state index in [1.165, 1.54) is 11.1 Å². The summed E-state index contributed by atoms with van der Waals surface area (Å²) in [4.78, 5) is 0. The number of anilines is 2. The van der Waals surface area contributed by atoms with Crippen LogP contribution in [0.15, 0.2) is 97.1 Å². The topological polar surface area (TPSA) is 52.2 Å². The van der Waals surface area contributed by atoms with E-state index in [0.29, 0.717) is 26.4 Å². The van der Waals surface area contributed by atoms with E-state index in [9.17, 15) is 0 Å². The van der Waals surface area contributed by atoms with Crippen molar-refractivity contribution < 1.29 is 18.9 Å². The SMILES string of the molecule is Cc1ccc(OCCOc2ccc(NN(C)c3ccc(OCCOc4ccc(C)cc4)cc3)cc2)cc1. The molecule has 0 spiro atoms. The molecule has 6 heteroatoms. The van der Waals surface area contributed by atoms with Gasteiger partial charge in [0.05, 0.1) is 11.4 Å². The summed E-state index contributed by atoms with van der Waals surface area (Å²) < 4.78 is 23.0. The number of ether oxygens (including phenoxy) is 4. The van der Waals surface area contributed by atoms with Crippen LogP contribution >= 0.6 is 0 Å². The van der Waals surface area contributed by atoms with E-state index in [1.54, 1.807) is 0 Å². The Morgan fingerprint density at radius 3 is 1.19 bits per heavy atom. The van der Waals surface area contributed by atoms with Crippen molar-refractivity contribution in [2.45, 2.75) is 13.8 Å². The normalized spacial score (nSPS) is 10.5. The highest BCUT2D eigenvalue weighted by molar-refractivity contribution is 5.56. The monoisotopic (exact) mass is 498 g/mol. The van der Waals surface area contributed by atoms with Crippen LogP contribution in [0.1, 0.15) is 11.1 Å². The molecule has 0 atom stereocenters. The van der Waals surface area contributed by atoms with Crippen LogP contribution in [-0.2, 0) is 0 Å². The van der Waals surface area contributed by atoms with Crippen molar-refractivity contribution in [2.75, 3.05) is 43.9 Å². The van der Waals surface area contributed by atoms with Gasteiger partial charge in [-0.1, -0.05) is 35.4 Å². The fourth-order valence-electron chi connectivity index (χ4n) is 3.56. The average molecular weight is 499 g/mol. The third kappa shape index (κ3) is 8.39. The quantitative estimate of drug-likeness (QED) is 0.164. The molecule has 4 aromatic rings. The number of aryl methyl sites for hydroxylation is 2. The molecule has 0 saturated carbocycles. The second-order valence-corrected chi connectivity index (χ2v) is 8.71. The Hall–Kier alpha value is -4.32. The van der Waals surface area contributed by atoms with Crippen LogP contribution in [0, 0.1) is 13.8 Å². The lowest BCUT2D eigenvalue weighted by molar-refractivity contribution is 0.217. The number of nitrogens with one attached hydrogen (secondary N) is 1. The molecule has 0 fully saturated rings. The van der Waals surface area contributed by atoms with Gasteiger partial charge in [-0.2, -0.15) is 0 Å². The summed E-state index contributed by atoms with van der Waals surface area (Å²) in [7, 11) is 1.97. The zero-order chi connectivity index (χ0) is 25.9. The van der Waals surface area contributed by atoms with Gasteiger partial charge in [0.25, 0.3) is 0 Å². The second-order valence-electron chi connectivity index (χ2n) is 8.71. The van der Waals surface area contributed by atoms with Crippen LogP contribution in [0.3, 0.4) is 0 Å². The number of hydrazine groups is 1. The standard InChI is InChI=1S/C31H34N2O4/c1-24-4-12-28(13-5-24)34-20-22-36-30-16-8-26(9-17-30)32-33(3)27-10-18-31(19-11-27)37-23-21-35-29-14-6-25(2)7-15-29/h4-19,32H,20-23H2,1-3H3. The molecule has 4 rings (SSSR count). The Kier molecular flexibility index (Phi) is 9.13. The summed E-state index contributed by atoms with van der Waals surface area (Å²) >= 11 is 0. The van der Waals surface area contributed by atoms with Crippen molar-refractivity contribution in [2.24, 2.45) is 0 Å². The van der Waals surface area contributed by atoms with Gasteiger partial charge in [0, 0.05) is 7.05 Å². The summed E-state index contributed by atoms with van der Waals surface area (Å²) in [6, 6.07) is 31.8. The summed E-state index contributed by atoms with van der Waals surface area (Å²) in [5.74, 6) is 3.30. The van der Waals surface area contributed by atoms with Crippen molar-refractivity contribution >= 4 is 11.4 Å². The van der Waals surface area contributed by atoms with Crippen molar-refractivity contribution in [1.82, 2.24) is 0 Å². The fourth-order valence-corrected chi connectivity index (χ4v) is 3.56. The lowest BCUT2D eigenvalue weighted by Gasteiger charge is -2.22. The number of nitrogens with zero attached hydrogens (tertiary/aromatic N) is 1. The van der Waals surface area contributed by atoms with Crippen LogP contribution in [-0.4, -0.2) is 33.5 Å². The van der Waals surface area contributed by atoms with Crippen LogP contribution in [0.25, 0.3) is 0 Å². The predicted molar refractivity (Wildman–Crippen MR) is 149 cm³/mol. The van der Waals surface area contributed by atoms with Gasteiger partial charge >= 0.3 is 0 Å². The number of benzene rings is 4. The molecule has 0 unspecified atom stereocenters. The van der Waals surface area contributed by atoms with Gasteiger partial charge in [0.2, 0.25) is 0 Å². The number of rotatable bonds is 13. The molecule has 0 amide bonds. The zero-order valence-electron chi connectivity index (χ0n) is 21.6. The Labute approximate surface area is 219 Å². The van der Waals surface area contributed by atoms with E-state index in [0.717, 1.165) is 34.4 Å². The highest BCUT2D eigenvalue weighted by atomic mass is 16.5. The number of hydrogen-bond donors (Lipinski definition) is 1. The van der Waals surface area contributed by atoms with E-state index in [4.69, 9.17) is 18.9 Å². The largest absolute Gasteiger partial charge is 0.490 e. The molecule has 0 bridgehead atoms. The molecule has 4 aromatic carbocycles. The molecule has 0 aromatic heterocycles. The van der Waals surface area contributed by atoms with E-state index < -0.39 is 0 Å². The van der Waals surface area contributed by atoms with Crippen LogP contribution in [0.5, 0.6) is 23.0 Å². The molecule has 0 aliphatic rings. The average Bonchev–Trinajstić information content (AvgIpc) is 2.92. The summed E-state index contributed by atoms with van der Waals surface area (Å²) in [6.45, 7) is 6.05. The summed E-state index contributed by atoms with van der Waals surface area (Å²) in [5.41, 5.74) is 7.76. The maximum atomic E-state index is 5.80. The molecule has 37 heavy (non-hydrogen) atoms. The lowest BCUT2D eigenvalue weighted by atomic mass is 10.2. The van der Waals surface area contributed by atoms with E-state index >= 15 is 0 Å². The first-order valence-electron chi connectivity index (χ1n) is 12.4. The minimum absolute atomic E-state index is 0.479. The second kappa shape index (κ2) is 13.1. The molecule has 0 heterocycles. The molecular weight excluding hydrogens is 464 g/mol. The first-order valence-corrected chi connectivity index (χ1v) is 12.4. The molecule has 0 aliphatic heterocycles. The van der Waals surface area contributed by atoms with Crippen molar-refractivity contribution in [1.29, 1.82) is 0 Å². The van der Waals surface area contributed by atoms with Gasteiger partial charge in [-0.3, -0.25) is 10.4 Å². The smallest absolute Gasteiger partial charge is 0.122 e.